The largest absolute Gasteiger partial charge is 0.493 e. The van der Waals surface area contributed by atoms with Crippen molar-refractivity contribution in [3.05, 3.63) is 70.5 Å². The molecule has 0 radical (unpaired) electrons. The highest BCUT2D eigenvalue weighted by molar-refractivity contribution is 8.18. The number of thioether (sulfide) groups is 2. The van der Waals surface area contributed by atoms with Gasteiger partial charge in [0.15, 0.2) is 0 Å². The van der Waals surface area contributed by atoms with Gasteiger partial charge < -0.3 is 9.15 Å². The second-order valence-electron chi connectivity index (χ2n) is 6.77. The Balaban J connectivity index is 1.35. The average Bonchev–Trinajstić information content (AvgIpc) is 3.30. The molecule has 1 fully saturated rings. The summed E-state index contributed by atoms with van der Waals surface area (Å²) in [7, 11) is 0. The van der Waals surface area contributed by atoms with Crippen LogP contribution < -0.4 is 10.1 Å². The van der Waals surface area contributed by atoms with Gasteiger partial charge in [-0.3, -0.25) is 14.9 Å². The second-order valence-corrected chi connectivity index (χ2v) is 8.67. The predicted octanol–water partition coefficient (Wildman–Crippen LogP) is 5.32. The third-order valence-electron chi connectivity index (χ3n) is 4.64. The Bertz CT molecular complexity index is 1150. The first-order chi connectivity index (χ1) is 15.0. The Morgan fingerprint density at radius 3 is 2.71 bits per heavy atom. The van der Waals surface area contributed by atoms with Gasteiger partial charge in [-0.15, -0.1) is 11.8 Å². The first kappa shape index (κ1) is 21.3. The molecule has 1 saturated heterocycles. The van der Waals surface area contributed by atoms with Crippen molar-refractivity contribution in [3.8, 4) is 17.2 Å². The van der Waals surface area contributed by atoms with Gasteiger partial charge in [0, 0.05) is 16.9 Å². The molecule has 0 bridgehead atoms. The molecule has 6 nitrogen and oxygen atoms in total. The SMILES string of the molecule is CSc1cccc(-c2nc(CCOc3ccc(/C=C4\SC(=O)NC4=O)cc3)c(C)o2)c1. The molecule has 1 N–H and O–H groups in total. The number of rotatable bonds is 7. The van der Waals surface area contributed by atoms with Crippen LogP contribution in [0.4, 0.5) is 4.79 Å². The van der Waals surface area contributed by atoms with E-state index in [1.807, 2.05) is 49.6 Å². The fourth-order valence-electron chi connectivity index (χ4n) is 3.04. The predicted molar refractivity (Wildman–Crippen MR) is 123 cm³/mol. The van der Waals surface area contributed by atoms with Crippen molar-refractivity contribution in [3.63, 3.8) is 0 Å². The Morgan fingerprint density at radius 1 is 1.19 bits per heavy atom. The van der Waals surface area contributed by atoms with E-state index in [4.69, 9.17) is 9.15 Å². The molecule has 2 amide bonds. The lowest BCUT2D eigenvalue weighted by Crippen LogP contribution is -2.17. The maximum Gasteiger partial charge on any atom is 0.290 e. The number of carbonyl (C=O) groups is 2. The summed E-state index contributed by atoms with van der Waals surface area (Å²) in [6.07, 6.45) is 4.35. The minimum Gasteiger partial charge on any atom is -0.493 e. The van der Waals surface area contributed by atoms with Crippen molar-refractivity contribution >= 4 is 40.7 Å². The minimum absolute atomic E-state index is 0.348. The number of imide groups is 1. The number of hydrogen-bond acceptors (Lipinski definition) is 7. The van der Waals surface area contributed by atoms with Gasteiger partial charge in [-0.25, -0.2) is 4.98 Å². The molecule has 1 aliphatic rings. The van der Waals surface area contributed by atoms with E-state index in [1.54, 1.807) is 17.8 Å². The van der Waals surface area contributed by atoms with E-state index in [2.05, 4.69) is 22.4 Å². The molecule has 31 heavy (non-hydrogen) atoms. The van der Waals surface area contributed by atoms with Crippen LogP contribution in [0.2, 0.25) is 0 Å². The fourth-order valence-corrected chi connectivity index (χ4v) is 4.18. The van der Waals surface area contributed by atoms with Crippen molar-refractivity contribution in [2.45, 2.75) is 18.2 Å². The molecule has 4 rings (SSSR count). The number of carbonyl (C=O) groups excluding carboxylic acids is 2. The molecule has 1 aliphatic heterocycles. The molecule has 0 atom stereocenters. The van der Waals surface area contributed by atoms with Crippen molar-refractivity contribution in [1.29, 1.82) is 0 Å². The van der Waals surface area contributed by atoms with Gasteiger partial charge in [0.05, 0.1) is 17.2 Å². The van der Waals surface area contributed by atoms with Gasteiger partial charge >= 0.3 is 0 Å². The third-order valence-corrected chi connectivity index (χ3v) is 6.17. The van der Waals surface area contributed by atoms with Crippen LogP contribution in [0.15, 0.2) is 62.7 Å². The van der Waals surface area contributed by atoms with Gasteiger partial charge in [0.1, 0.15) is 11.5 Å². The molecular formula is C23H20N2O4S2. The minimum atomic E-state index is -0.363. The van der Waals surface area contributed by atoms with Gasteiger partial charge in [-0.2, -0.15) is 0 Å². The summed E-state index contributed by atoms with van der Waals surface area (Å²) in [4.78, 5) is 29.1. The number of oxazole rings is 1. The summed E-state index contributed by atoms with van der Waals surface area (Å²) in [5, 5.41) is 1.89. The number of nitrogens with one attached hydrogen (secondary N) is 1. The lowest BCUT2D eigenvalue weighted by Gasteiger charge is -2.05. The van der Waals surface area contributed by atoms with Crippen LogP contribution in [0.5, 0.6) is 5.75 Å². The molecule has 158 valence electrons. The quantitative estimate of drug-likeness (QED) is 0.384. The summed E-state index contributed by atoms with van der Waals surface area (Å²) >= 11 is 2.58. The van der Waals surface area contributed by atoms with Crippen molar-refractivity contribution in [2.75, 3.05) is 12.9 Å². The molecule has 3 aromatic rings. The number of nitrogens with zero attached hydrogens (tertiary/aromatic N) is 1. The standard InChI is InChI=1S/C23H20N2O4S2/c1-14-19(24-22(29-14)16-4-3-5-18(13-16)30-2)10-11-28-17-8-6-15(7-9-17)12-20-21(26)25-23(27)31-20/h3-9,12-13H,10-11H2,1-2H3,(H,25,26,27)/b20-12-. The average molecular weight is 453 g/mol. The zero-order valence-corrected chi connectivity index (χ0v) is 18.6. The first-order valence-electron chi connectivity index (χ1n) is 9.60. The molecule has 0 spiro atoms. The first-order valence-corrected chi connectivity index (χ1v) is 11.6. The van der Waals surface area contributed by atoms with Crippen LogP contribution >= 0.6 is 23.5 Å². The molecule has 2 heterocycles. The topological polar surface area (TPSA) is 81.4 Å². The molecule has 0 saturated carbocycles. The van der Waals surface area contributed by atoms with E-state index >= 15 is 0 Å². The highest BCUT2D eigenvalue weighted by atomic mass is 32.2. The number of hydrogen-bond donors (Lipinski definition) is 1. The van der Waals surface area contributed by atoms with Crippen LogP contribution in [0.1, 0.15) is 17.0 Å². The van der Waals surface area contributed by atoms with Crippen molar-refractivity contribution in [2.24, 2.45) is 0 Å². The fraction of sp³-hybridized carbons (Fsp3) is 0.174. The van der Waals surface area contributed by atoms with Gasteiger partial charge in [0.2, 0.25) is 5.89 Å². The van der Waals surface area contributed by atoms with Crippen molar-refractivity contribution in [1.82, 2.24) is 10.3 Å². The molecular weight excluding hydrogens is 432 g/mol. The normalized spacial score (nSPS) is 14.8. The number of aromatic nitrogens is 1. The van der Waals surface area contributed by atoms with E-state index in [-0.39, 0.29) is 11.1 Å². The van der Waals surface area contributed by atoms with Gasteiger partial charge in [-0.05, 0) is 66.9 Å². The second kappa shape index (κ2) is 9.45. The third kappa shape index (κ3) is 5.21. The van der Waals surface area contributed by atoms with Crippen LogP contribution in [-0.4, -0.2) is 29.0 Å². The maximum absolute atomic E-state index is 11.6. The van der Waals surface area contributed by atoms with Gasteiger partial charge in [-0.1, -0.05) is 18.2 Å². The smallest absolute Gasteiger partial charge is 0.290 e. The molecule has 0 unspecified atom stereocenters. The highest BCUT2D eigenvalue weighted by Crippen LogP contribution is 2.27. The molecule has 1 aromatic heterocycles. The van der Waals surface area contributed by atoms with E-state index in [0.29, 0.717) is 23.8 Å². The van der Waals surface area contributed by atoms with Crippen molar-refractivity contribution < 1.29 is 18.7 Å². The van der Waals surface area contributed by atoms with Crippen LogP contribution in [0, 0.1) is 6.92 Å². The monoisotopic (exact) mass is 452 g/mol. The number of amides is 2. The van der Waals surface area contributed by atoms with Gasteiger partial charge in [0.25, 0.3) is 11.1 Å². The Kier molecular flexibility index (Phi) is 6.48. The van der Waals surface area contributed by atoms with Crippen LogP contribution in [0.25, 0.3) is 17.5 Å². The maximum atomic E-state index is 11.6. The number of benzene rings is 2. The zero-order chi connectivity index (χ0) is 21.8. The summed E-state index contributed by atoms with van der Waals surface area (Å²) in [6.45, 7) is 2.37. The Hall–Kier alpha value is -2.97. The van der Waals surface area contributed by atoms with Crippen LogP contribution in [0.3, 0.4) is 0 Å². The van der Waals surface area contributed by atoms with E-state index < -0.39 is 0 Å². The Morgan fingerprint density at radius 2 is 2.00 bits per heavy atom. The zero-order valence-electron chi connectivity index (χ0n) is 17.0. The lowest BCUT2D eigenvalue weighted by molar-refractivity contribution is -0.115. The van der Waals surface area contributed by atoms with Crippen LogP contribution in [-0.2, 0) is 11.2 Å². The van der Waals surface area contributed by atoms with E-state index in [1.165, 1.54) is 0 Å². The molecule has 0 aliphatic carbocycles. The summed E-state index contributed by atoms with van der Waals surface area (Å²) in [6, 6.07) is 15.5. The number of aryl methyl sites for hydroxylation is 1. The van der Waals surface area contributed by atoms with E-state index in [0.717, 1.165) is 45.0 Å². The molecule has 8 heteroatoms. The number of ether oxygens (including phenoxy) is 1. The highest BCUT2D eigenvalue weighted by Gasteiger charge is 2.24. The summed E-state index contributed by atoms with van der Waals surface area (Å²) in [5.74, 6) is 1.76. The summed E-state index contributed by atoms with van der Waals surface area (Å²) < 4.78 is 11.7. The Labute approximate surface area is 188 Å². The summed E-state index contributed by atoms with van der Waals surface area (Å²) in [5.41, 5.74) is 2.66. The van der Waals surface area contributed by atoms with E-state index in [9.17, 15) is 9.59 Å². The molecule has 2 aromatic carbocycles. The lowest BCUT2D eigenvalue weighted by atomic mass is 10.2.